The molecule has 1 N–H and O–H groups in total. The maximum absolute atomic E-state index is 13.6. The number of hydrogen-bond donors (Lipinski definition) is 1. The molecule has 1 saturated heterocycles. The second-order valence-electron chi connectivity index (χ2n) is 8.28. The van der Waals surface area contributed by atoms with Gasteiger partial charge in [0.2, 0.25) is 5.91 Å². The summed E-state index contributed by atoms with van der Waals surface area (Å²) in [6.07, 6.45) is 0.456. The number of amides is 2. The maximum atomic E-state index is 13.6. The number of carbonyl (C=O) groups is 2. The maximum Gasteiger partial charge on any atom is 0.269 e. The van der Waals surface area contributed by atoms with E-state index in [1.807, 2.05) is 80.6 Å². The van der Waals surface area contributed by atoms with Gasteiger partial charge in [0, 0.05) is 11.4 Å². The minimum atomic E-state index is -0.547. The van der Waals surface area contributed by atoms with Gasteiger partial charge in [-0.15, -0.1) is 0 Å². The molecule has 0 aliphatic carbocycles. The van der Waals surface area contributed by atoms with Crippen LogP contribution in [0.2, 0.25) is 0 Å². The lowest BCUT2D eigenvalue weighted by molar-refractivity contribution is -0.117. The molecule has 7 heteroatoms. The third kappa shape index (κ3) is 5.39. The summed E-state index contributed by atoms with van der Waals surface area (Å²) in [5.41, 5.74) is 4.18. The van der Waals surface area contributed by atoms with Gasteiger partial charge in [-0.05, 0) is 62.2 Å². The van der Waals surface area contributed by atoms with Crippen LogP contribution in [0.25, 0.3) is 0 Å². The fourth-order valence-electron chi connectivity index (χ4n) is 3.72. The topological polar surface area (TPSA) is 82.4 Å². The van der Waals surface area contributed by atoms with E-state index >= 15 is 0 Å². The Morgan fingerprint density at radius 1 is 1.00 bits per heavy atom. The monoisotopic (exact) mass is 483 g/mol. The Morgan fingerprint density at radius 2 is 1.60 bits per heavy atom. The Kier molecular flexibility index (Phi) is 7.23. The van der Waals surface area contributed by atoms with Gasteiger partial charge in [-0.1, -0.05) is 59.3 Å². The predicted molar refractivity (Wildman–Crippen MR) is 139 cm³/mol. The van der Waals surface area contributed by atoms with Crippen LogP contribution in [-0.2, 0) is 16.0 Å². The smallest absolute Gasteiger partial charge is 0.269 e. The summed E-state index contributed by atoms with van der Waals surface area (Å²) in [5, 5.41) is 12.6. The molecule has 0 aromatic heterocycles. The van der Waals surface area contributed by atoms with Gasteiger partial charge in [-0.3, -0.25) is 14.5 Å². The zero-order chi connectivity index (χ0) is 24.9. The summed E-state index contributed by atoms with van der Waals surface area (Å²) < 4.78 is 5.22. The molecule has 1 aliphatic heterocycles. The molecule has 1 heterocycles. The van der Waals surface area contributed by atoms with Crippen LogP contribution in [0.3, 0.4) is 0 Å². The Labute approximate surface area is 209 Å². The highest BCUT2D eigenvalue weighted by molar-refractivity contribution is 8.05. The van der Waals surface area contributed by atoms with Gasteiger partial charge in [0.1, 0.15) is 22.4 Å². The van der Waals surface area contributed by atoms with Crippen molar-refractivity contribution in [2.24, 2.45) is 0 Å². The average Bonchev–Trinajstić information content (AvgIpc) is 3.17. The van der Waals surface area contributed by atoms with E-state index in [9.17, 15) is 14.9 Å². The van der Waals surface area contributed by atoms with Gasteiger partial charge < -0.3 is 10.1 Å². The fraction of sp³-hybridized carbons (Fsp3) is 0.179. The summed E-state index contributed by atoms with van der Waals surface area (Å²) in [6.45, 7) is 3.92. The van der Waals surface area contributed by atoms with Gasteiger partial charge in [-0.2, -0.15) is 5.26 Å². The molecule has 3 aromatic carbocycles. The summed E-state index contributed by atoms with van der Waals surface area (Å²) in [6, 6.07) is 24.4. The zero-order valence-corrected chi connectivity index (χ0v) is 20.6. The predicted octanol–water partition coefficient (Wildman–Crippen LogP) is 5.38. The molecule has 35 heavy (non-hydrogen) atoms. The number of nitrogens with zero attached hydrogens (tertiary/aromatic N) is 2. The second kappa shape index (κ2) is 10.5. The molecule has 1 atom stereocenters. The van der Waals surface area contributed by atoms with E-state index in [-0.39, 0.29) is 11.5 Å². The lowest BCUT2D eigenvalue weighted by atomic mass is 10.1. The van der Waals surface area contributed by atoms with E-state index in [4.69, 9.17) is 4.74 Å². The number of rotatable bonds is 6. The summed E-state index contributed by atoms with van der Waals surface area (Å²) in [4.78, 5) is 28.2. The van der Waals surface area contributed by atoms with Crippen molar-refractivity contribution < 1.29 is 14.3 Å². The largest absolute Gasteiger partial charge is 0.497 e. The molecular weight excluding hydrogens is 458 g/mol. The minimum absolute atomic E-state index is 0.0956. The summed E-state index contributed by atoms with van der Waals surface area (Å²) >= 11 is 1.25. The van der Waals surface area contributed by atoms with Gasteiger partial charge >= 0.3 is 0 Å². The fourth-order valence-corrected chi connectivity index (χ4v) is 5.03. The van der Waals surface area contributed by atoms with Gasteiger partial charge in [-0.25, -0.2) is 0 Å². The molecule has 2 amide bonds. The van der Waals surface area contributed by atoms with Crippen molar-refractivity contribution in [2.75, 3.05) is 17.3 Å². The molecule has 1 unspecified atom stereocenters. The lowest BCUT2D eigenvalue weighted by Gasteiger charge is -2.19. The highest BCUT2D eigenvalue weighted by atomic mass is 32.2. The molecule has 4 rings (SSSR count). The third-order valence-corrected chi connectivity index (χ3v) is 6.95. The number of nitriles is 1. The van der Waals surface area contributed by atoms with E-state index in [1.54, 1.807) is 19.2 Å². The van der Waals surface area contributed by atoms with E-state index in [0.717, 1.165) is 22.4 Å². The van der Waals surface area contributed by atoms with Gasteiger partial charge in [0.15, 0.2) is 0 Å². The first-order chi connectivity index (χ1) is 16.9. The number of thioether (sulfide) groups is 1. The summed E-state index contributed by atoms with van der Waals surface area (Å²) in [5.74, 6) is 0.0231. The highest BCUT2D eigenvalue weighted by Crippen LogP contribution is 2.42. The molecule has 0 radical (unpaired) electrons. The van der Waals surface area contributed by atoms with Crippen molar-refractivity contribution in [3.63, 3.8) is 0 Å². The second-order valence-corrected chi connectivity index (χ2v) is 9.47. The van der Waals surface area contributed by atoms with Gasteiger partial charge in [0.25, 0.3) is 5.91 Å². The van der Waals surface area contributed by atoms with Crippen molar-refractivity contribution in [2.45, 2.75) is 25.5 Å². The van der Waals surface area contributed by atoms with Crippen molar-refractivity contribution in [3.8, 4) is 11.8 Å². The lowest BCUT2D eigenvalue weighted by Crippen LogP contribution is -2.30. The van der Waals surface area contributed by atoms with Crippen molar-refractivity contribution in [1.82, 2.24) is 0 Å². The Hall–Kier alpha value is -4.02. The molecule has 0 bridgehead atoms. The Morgan fingerprint density at radius 3 is 2.17 bits per heavy atom. The van der Waals surface area contributed by atoms with E-state index < -0.39 is 11.2 Å². The summed E-state index contributed by atoms with van der Waals surface area (Å²) in [7, 11) is 1.60. The van der Waals surface area contributed by atoms with Crippen LogP contribution < -0.4 is 15.0 Å². The van der Waals surface area contributed by atoms with Crippen LogP contribution in [0.5, 0.6) is 5.75 Å². The Balaban J connectivity index is 1.69. The quantitative estimate of drug-likeness (QED) is 0.376. The minimum Gasteiger partial charge on any atom is -0.497 e. The van der Waals surface area contributed by atoms with Crippen LogP contribution in [-0.4, -0.2) is 24.2 Å². The number of nitrogens with one attached hydrogen (secondary N) is 1. The van der Waals surface area contributed by atoms with Crippen molar-refractivity contribution in [3.05, 3.63) is 100 Å². The molecule has 1 aliphatic rings. The van der Waals surface area contributed by atoms with Gasteiger partial charge in [0.05, 0.1) is 12.4 Å². The first-order valence-corrected chi connectivity index (χ1v) is 12.0. The average molecular weight is 484 g/mol. The van der Waals surface area contributed by atoms with Crippen LogP contribution >= 0.6 is 11.8 Å². The number of hydrogen-bond acceptors (Lipinski definition) is 5. The van der Waals surface area contributed by atoms with E-state index in [2.05, 4.69) is 5.32 Å². The zero-order valence-electron chi connectivity index (χ0n) is 19.7. The standard InChI is InChI=1S/C28H25N3O3S/c1-18-4-10-21(11-5-18)30-26(32)24(17-29)28-31(22-12-6-19(2)7-13-22)27(33)25(35-28)16-20-8-14-23(34-3)15-9-20/h4-15,25H,16H2,1-3H3,(H,30,32)/b28-24+. The number of ether oxygens (including phenoxy) is 1. The molecular formula is C28H25N3O3S. The number of carbonyl (C=O) groups excluding carboxylic acids is 2. The first kappa shape index (κ1) is 24.1. The third-order valence-electron chi connectivity index (χ3n) is 5.69. The molecule has 0 spiro atoms. The SMILES string of the molecule is COc1ccc(CC2S/C(=C(\C#N)C(=O)Nc3ccc(C)cc3)N(c3ccc(C)cc3)C2=O)cc1. The normalized spacial score (nSPS) is 16.6. The van der Waals surface area contributed by atoms with Crippen LogP contribution in [0.1, 0.15) is 16.7 Å². The van der Waals surface area contributed by atoms with Crippen LogP contribution in [0.4, 0.5) is 11.4 Å². The van der Waals surface area contributed by atoms with Crippen molar-refractivity contribution >= 4 is 35.0 Å². The molecule has 0 saturated carbocycles. The number of methoxy groups -OCH3 is 1. The van der Waals surface area contributed by atoms with Crippen LogP contribution in [0, 0.1) is 25.2 Å². The first-order valence-electron chi connectivity index (χ1n) is 11.1. The number of anilines is 2. The molecule has 176 valence electrons. The van der Waals surface area contributed by atoms with E-state index in [0.29, 0.717) is 22.8 Å². The number of aryl methyl sites for hydroxylation is 2. The highest BCUT2D eigenvalue weighted by Gasteiger charge is 2.40. The molecule has 6 nitrogen and oxygen atoms in total. The van der Waals surface area contributed by atoms with Crippen LogP contribution in [0.15, 0.2) is 83.4 Å². The molecule has 3 aromatic rings. The van der Waals surface area contributed by atoms with Crippen molar-refractivity contribution in [1.29, 1.82) is 5.26 Å². The van der Waals surface area contributed by atoms with E-state index in [1.165, 1.54) is 16.7 Å². The molecule has 1 fully saturated rings. The number of benzene rings is 3. The Bertz CT molecular complexity index is 1310.